The highest BCUT2D eigenvalue weighted by atomic mass is 35.5. The minimum Gasteiger partial charge on any atom is -0.489 e. The molecule has 0 aliphatic carbocycles. The van der Waals surface area contributed by atoms with E-state index in [4.69, 9.17) is 21.5 Å². The first-order chi connectivity index (χ1) is 9.25. The summed E-state index contributed by atoms with van der Waals surface area (Å²) in [7, 11) is -2.42. The third-order valence-electron chi connectivity index (χ3n) is 2.46. The molecule has 0 aliphatic rings. The highest BCUT2D eigenvalue weighted by Gasteiger charge is 2.13. The fourth-order valence-corrected chi connectivity index (χ4v) is 2.02. The van der Waals surface area contributed by atoms with Crippen molar-refractivity contribution in [2.45, 2.75) is 4.90 Å². The number of benzene rings is 1. The van der Waals surface area contributed by atoms with Crippen molar-refractivity contribution in [3.05, 3.63) is 24.0 Å². The van der Waals surface area contributed by atoms with Gasteiger partial charge in [-0.3, -0.25) is 4.79 Å². The van der Waals surface area contributed by atoms with Gasteiger partial charge in [-0.1, -0.05) is 0 Å². The third-order valence-corrected chi connectivity index (χ3v) is 3.60. The van der Waals surface area contributed by atoms with Gasteiger partial charge in [0.1, 0.15) is 12.5 Å². The van der Waals surface area contributed by atoms with Crippen molar-refractivity contribution in [3.63, 3.8) is 0 Å². The Morgan fingerprint density at radius 2 is 2.15 bits per heavy atom. The normalized spacial score (nSPS) is 11.2. The van der Waals surface area contributed by atoms with Crippen molar-refractivity contribution < 1.29 is 22.3 Å². The molecule has 0 unspecified atom stereocenters. The molecule has 0 radical (unpaired) electrons. The molecule has 0 fully saturated rings. The molecule has 20 heavy (non-hydrogen) atoms. The number of alkyl halides is 1. The molecule has 2 N–H and O–H groups in total. The summed E-state index contributed by atoms with van der Waals surface area (Å²) in [5.41, 5.74) is 0. The van der Waals surface area contributed by atoms with Crippen molar-refractivity contribution in [3.8, 4) is 5.75 Å². The highest BCUT2D eigenvalue weighted by Crippen LogP contribution is 2.20. The zero-order valence-electron chi connectivity index (χ0n) is 10.7. The van der Waals surface area contributed by atoms with Gasteiger partial charge in [0.2, 0.25) is 15.9 Å². The number of ether oxygens (including phenoxy) is 1. The third kappa shape index (κ3) is 4.62. The van der Waals surface area contributed by atoms with E-state index in [0.29, 0.717) is 0 Å². The second-order valence-corrected chi connectivity index (χ2v) is 5.76. The van der Waals surface area contributed by atoms with Gasteiger partial charge in [0.15, 0.2) is 11.6 Å². The Labute approximate surface area is 121 Å². The molecule has 9 heteroatoms. The maximum Gasteiger partial charge on any atom is 0.238 e. The van der Waals surface area contributed by atoms with Crippen LogP contribution in [0.4, 0.5) is 4.39 Å². The SMILES string of the molecule is CN(CCOc1ccc(S(N)(=O)=O)cc1F)C(=O)CCl. The molecule has 0 saturated carbocycles. The van der Waals surface area contributed by atoms with E-state index in [1.807, 2.05) is 0 Å². The van der Waals surface area contributed by atoms with Crippen LogP contribution in [0.2, 0.25) is 0 Å². The molecule has 1 aromatic carbocycles. The average molecular weight is 325 g/mol. The van der Waals surface area contributed by atoms with Crippen LogP contribution in [0.15, 0.2) is 23.1 Å². The summed E-state index contributed by atoms with van der Waals surface area (Å²) < 4.78 is 40.7. The van der Waals surface area contributed by atoms with E-state index in [-0.39, 0.29) is 35.6 Å². The lowest BCUT2D eigenvalue weighted by molar-refractivity contribution is -0.127. The first-order valence-corrected chi connectivity index (χ1v) is 7.59. The Hall–Kier alpha value is -1.38. The molecule has 0 saturated heterocycles. The topological polar surface area (TPSA) is 89.7 Å². The van der Waals surface area contributed by atoms with Crippen LogP contribution in [0.1, 0.15) is 0 Å². The summed E-state index contributed by atoms with van der Waals surface area (Å²) in [5.74, 6) is -1.39. The summed E-state index contributed by atoms with van der Waals surface area (Å²) in [4.78, 5) is 12.2. The fourth-order valence-electron chi connectivity index (χ4n) is 1.29. The Balaban J connectivity index is 2.64. The van der Waals surface area contributed by atoms with Crippen LogP contribution in [0, 0.1) is 5.82 Å². The predicted octanol–water partition coefficient (Wildman–Crippen LogP) is 0.549. The van der Waals surface area contributed by atoms with E-state index in [1.54, 1.807) is 0 Å². The molecular weight excluding hydrogens is 311 g/mol. The van der Waals surface area contributed by atoms with Gasteiger partial charge in [-0.25, -0.2) is 17.9 Å². The largest absolute Gasteiger partial charge is 0.489 e. The fraction of sp³-hybridized carbons (Fsp3) is 0.364. The van der Waals surface area contributed by atoms with Gasteiger partial charge >= 0.3 is 0 Å². The summed E-state index contributed by atoms with van der Waals surface area (Å²) >= 11 is 5.37. The van der Waals surface area contributed by atoms with Gasteiger partial charge in [-0.05, 0) is 18.2 Å². The highest BCUT2D eigenvalue weighted by molar-refractivity contribution is 7.89. The molecule has 1 amide bonds. The molecule has 1 aromatic rings. The quantitative estimate of drug-likeness (QED) is 0.774. The van der Waals surface area contributed by atoms with Crippen LogP contribution in [0.5, 0.6) is 5.75 Å². The van der Waals surface area contributed by atoms with Crippen LogP contribution in [0.25, 0.3) is 0 Å². The maximum atomic E-state index is 13.6. The van der Waals surface area contributed by atoms with Gasteiger partial charge in [0, 0.05) is 7.05 Å². The minimum absolute atomic E-state index is 0.0464. The monoisotopic (exact) mass is 324 g/mol. The van der Waals surface area contributed by atoms with E-state index in [1.165, 1.54) is 18.0 Å². The van der Waals surface area contributed by atoms with E-state index in [2.05, 4.69) is 0 Å². The van der Waals surface area contributed by atoms with E-state index in [9.17, 15) is 17.6 Å². The maximum absolute atomic E-state index is 13.6. The Kier molecular flexibility index (Phi) is 5.73. The number of hydrogen-bond acceptors (Lipinski definition) is 4. The Morgan fingerprint density at radius 3 is 2.65 bits per heavy atom. The number of sulfonamides is 1. The van der Waals surface area contributed by atoms with Crippen LogP contribution < -0.4 is 9.88 Å². The van der Waals surface area contributed by atoms with Crippen LogP contribution >= 0.6 is 11.6 Å². The van der Waals surface area contributed by atoms with E-state index < -0.39 is 15.8 Å². The Bertz CT molecular complexity index is 594. The Morgan fingerprint density at radius 1 is 1.50 bits per heavy atom. The smallest absolute Gasteiger partial charge is 0.238 e. The number of nitrogens with zero attached hydrogens (tertiary/aromatic N) is 1. The van der Waals surface area contributed by atoms with Crippen LogP contribution in [0.3, 0.4) is 0 Å². The number of amides is 1. The molecule has 0 heterocycles. The number of carbonyl (C=O) groups excluding carboxylic acids is 1. The van der Waals surface area contributed by atoms with Crippen LogP contribution in [-0.4, -0.2) is 45.3 Å². The summed E-state index contributed by atoms with van der Waals surface area (Å²) in [5, 5.41) is 4.87. The first-order valence-electron chi connectivity index (χ1n) is 5.50. The number of halogens is 2. The molecule has 0 bridgehead atoms. The minimum atomic E-state index is -3.95. The van der Waals surface area contributed by atoms with Gasteiger partial charge in [0.25, 0.3) is 0 Å². The molecular formula is C11H14ClFN2O4S. The average Bonchev–Trinajstić information content (AvgIpc) is 2.38. The number of rotatable bonds is 6. The number of likely N-dealkylation sites (N-methyl/N-ethyl adjacent to an activating group) is 1. The summed E-state index contributed by atoms with van der Waals surface area (Å²) in [6, 6.07) is 3.08. The molecule has 112 valence electrons. The molecule has 0 aliphatic heterocycles. The molecule has 0 spiro atoms. The van der Waals surface area contributed by atoms with Gasteiger partial charge in [-0.2, -0.15) is 0 Å². The molecule has 0 aromatic heterocycles. The zero-order valence-corrected chi connectivity index (χ0v) is 12.2. The van der Waals surface area contributed by atoms with Crippen molar-refractivity contribution in [1.82, 2.24) is 4.90 Å². The summed E-state index contributed by atoms with van der Waals surface area (Å²) in [6.07, 6.45) is 0. The van der Waals surface area contributed by atoms with Gasteiger partial charge in [0.05, 0.1) is 11.4 Å². The number of primary sulfonamides is 1. The molecule has 1 rings (SSSR count). The van der Waals surface area contributed by atoms with E-state index in [0.717, 1.165) is 12.1 Å². The van der Waals surface area contributed by atoms with Crippen molar-refractivity contribution in [2.75, 3.05) is 26.1 Å². The van der Waals surface area contributed by atoms with Crippen molar-refractivity contribution in [2.24, 2.45) is 5.14 Å². The van der Waals surface area contributed by atoms with E-state index >= 15 is 0 Å². The predicted molar refractivity (Wildman–Crippen MR) is 71.6 cm³/mol. The van der Waals surface area contributed by atoms with Crippen molar-refractivity contribution in [1.29, 1.82) is 0 Å². The second-order valence-electron chi connectivity index (χ2n) is 3.93. The lowest BCUT2D eigenvalue weighted by Gasteiger charge is -2.16. The van der Waals surface area contributed by atoms with Gasteiger partial charge in [-0.15, -0.1) is 11.6 Å². The number of carbonyl (C=O) groups is 1. The van der Waals surface area contributed by atoms with Crippen LogP contribution in [-0.2, 0) is 14.8 Å². The summed E-state index contributed by atoms with van der Waals surface area (Å²) in [6.45, 7) is 0.271. The van der Waals surface area contributed by atoms with Gasteiger partial charge < -0.3 is 9.64 Å². The molecule has 6 nitrogen and oxygen atoms in total. The number of hydrogen-bond donors (Lipinski definition) is 1. The molecule has 0 atom stereocenters. The second kappa shape index (κ2) is 6.87. The van der Waals surface area contributed by atoms with Crippen molar-refractivity contribution >= 4 is 27.5 Å². The lowest BCUT2D eigenvalue weighted by atomic mass is 10.3. The standard InChI is InChI=1S/C11H14ClFN2O4S/c1-15(11(16)7-12)4-5-19-10-3-2-8(6-9(10)13)20(14,17)18/h2-3,6H,4-5,7H2,1H3,(H2,14,17,18). The first kappa shape index (κ1) is 16.7. The lowest BCUT2D eigenvalue weighted by Crippen LogP contribution is -2.31. The number of nitrogens with two attached hydrogens (primary N) is 1. The zero-order chi connectivity index (χ0) is 15.3.